The molecule has 1 nitrogen and oxygen atoms in total. The standard InChI is InChI=1S/C14H13FN/c15-14-8-4-7-13(9-14)11-16-10-12-5-2-1-3-6-12/h1-2,4-9,16H,10-11H2. The van der Waals surface area contributed by atoms with E-state index in [9.17, 15) is 4.39 Å². The molecule has 0 saturated heterocycles. The first-order valence-electron chi connectivity index (χ1n) is 5.25. The van der Waals surface area contributed by atoms with E-state index < -0.39 is 0 Å². The number of benzene rings is 2. The molecule has 0 saturated carbocycles. The lowest BCUT2D eigenvalue weighted by atomic mass is 10.2. The molecule has 0 spiro atoms. The maximum Gasteiger partial charge on any atom is 0.123 e. The van der Waals surface area contributed by atoms with Crippen LogP contribution in [0.2, 0.25) is 0 Å². The van der Waals surface area contributed by atoms with Crippen LogP contribution < -0.4 is 5.32 Å². The molecule has 0 unspecified atom stereocenters. The highest BCUT2D eigenvalue weighted by atomic mass is 19.1. The fraction of sp³-hybridized carbons (Fsp3) is 0.143. The van der Waals surface area contributed by atoms with Crippen LogP contribution in [-0.4, -0.2) is 0 Å². The molecule has 2 aromatic carbocycles. The first kappa shape index (κ1) is 10.8. The average Bonchev–Trinajstić information content (AvgIpc) is 2.30. The minimum atomic E-state index is -0.188. The van der Waals surface area contributed by atoms with E-state index in [1.807, 2.05) is 30.3 Å². The van der Waals surface area contributed by atoms with Gasteiger partial charge in [-0.05, 0) is 35.4 Å². The van der Waals surface area contributed by atoms with Gasteiger partial charge in [0.2, 0.25) is 0 Å². The lowest BCUT2D eigenvalue weighted by Crippen LogP contribution is -2.12. The maximum absolute atomic E-state index is 12.9. The molecule has 0 bridgehead atoms. The SMILES string of the molecule is Fc1cccc(CNCc2c[c]ccc2)c1. The van der Waals surface area contributed by atoms with Gasteiger partial charge in [0.15, 0.2) is 0 Å². The largest absolute Gasteiger partial charge is 0.309 e. The predicted octanol–water partition coefficient (Wildman–Crippen LogP) is 2.92. The van der Waals surface area contributed by atoms with Crippen molar-refractivity contribution in [2.75, 3.05) is 0 Å². The third-order valence-corrected chi connectivity index (χ3v) is 2.32. The molecule has 0 atom stereocenters. The van der Waals surface area contributed by atoms with Crippen LogP contribution in [-0.2, 0) is 13.1 Å². The van der Waals surface area contributed by atoms with Gasteiger partial charge in [-0.25, -0.2) is 4.39 Å². The molecule has 2 heteroatoms. The van der Waals surface area contributed by atoms with E-state index >= 15 is 0 Å². The van der Waals surface area contributed by atoms with Gasteiger partial charge in [-0.1, -0.05) is 30.3 Å². The molecule has 0 heterocycles. The lowest BCUT2D eigenvalue weighted by molar-refractivity contribution is 0.620. The molecule has 0 amide bonds. The topological polar surface area (TPSA) is 12.0 Å². The van der Waals surface area contributed by atoms with E-state index in [1.54, 1.807) is 12.1 Å². The van der Waals surface area contributed by atoms with Gasteiger partial charge in [-0.2, -0.15) is 0 Å². The summed E-state index contributed by atoms with van der Waals surface area (Å²) >= 11 is 0. The molecule has 0 aliphatic heterocycles. The first-order chi connectivity index (χ1) is 7.84. The van der Waals surface area contributed by atoms with E-state index in [1.165, 1.54) is 11.6 Å². The van der Waals surface area contributed by atoms with Gasteiger partial charge in [-0.15, -0.1) is 0 Å². The summed E-state index contributed by atoms with van der Waals surface area (Å²) in [7, 11) is 0. The van der Waals surface area contributed by atoms with Crippen molar-refractivity contribution in [1.29, 1.82) is 0 Å². The second kappa shape index (κ2) is 5.42. The molecular formula is C14H13FN. The highest BCUT2D eigenvalue weighted by Crippen LogP contribution is 2.03. The van der Waals surface area contributed by atoms with Gasteiger partial charge in [0, 0.05) is 13.1 Å². The molecule has 1 radical (unpaired) electrons. The van der Waals surface area contributed by atoms with Gasteiger partial charge in [0.05, 0.1) is 0 Å². The zero-order chi connectivity index (χ0) is 11.2. The molecule has 0 aliphatic carbocycles. The molecule has 0 aromatic heterocycles. The Morgan fingerprint density at radius 2 is 1.88 bits per heavy atom. The van der Waals surface area contributed by atoms with Crippen LogP contribution in [0.4, 0.5) is 4.39 Å². The summed E-state index contributed by atoms with van der Waals surface area (Å²) in [5.74, 6) is -0.188. The molecular weight excluding hydrogens is 201 g/mol. The molecule has 81 valence electrons. The Labute approximate surface area is 94.9 Å². The Hall–Kier alpha value is -1.67. The Balaban J connectivity index is 1.85. The number of halogens is 1. The summed E-state index contributed by atoms with van der Waals surface area (Å²) < 4.78 is 12.9. The van der Waals surface area contributed by atoms with Crippen molar-refractivity contribution in [3.05, 3.63) is 71.5 Å². The molecule has 0 aliphatic rings. The minimum absolute atomic E-state index is 0.188. The smallest absolute Gasteiger partial charge is 0.123 e. The third-order valence-electron chi connectivity index (χ3n) is 2.32. The Morgan fingerprint density at radius 1 is 1.06 bits per heavy atom. The van der Waals surface area contributed by atoms with Gasteiger partial charge in [0.1, 0.15) is 5.82 Å². The number of nitrogens with one attached hydrogen (secondary N) is 1. The van der Waals surface area contributed by atoms with E-state index in [-0.39, 0.29) is 5.82 Å². The lowest BCUT2D eigenvalue weighted by Gasteiger charge is -2.04. The van der Waals surface area contributed by atoms with Gasteiger partial charge >= 0.3 is 0 Å². The van der Waals surface area contributed by atoms with Crippen molar-refractivity contribution in [3.8, 4) is 0 Å². The fourth-order valence-electron chi connectivity index (χ4n) is 1.54. The molecule has 1 N–H and O–H groups in total. The average molecular weight is 214 g/mol. The number of rotatable bonds is 4. The predicted molar refractivity (Wildman–Crippen MR) is 62.2 cm³/mol. The summed E-state index contributed by atoms with van der Waals surface area (Å²) in [6.07, 6.45) is 0. The van der Waals surface area contributed by atoms with Crippen molar-refractivity contribution in [1.82, 2.24) is 5.32 Å². The normalized spacial score (nSPS) is 10.3. The fourth-order valence-corrected chi connectivity index (χ4v) is 1.54. The van der Waals surface area contributed by atoms with Crippen LogP contribution in [0.15, 0.2) is 48.5 Å². The summed E-state index contributed by atoms with van der Waals surface area (Å²) in [6.45, 7) is 1.44. The van der Waals surface area contributed by atoms with E-state index in [2.05, 4.69) is 11.4 Å². The summed E-state index contributed by atoms with van der Waals surface area (Å²) in [5.41, 5.74) is 2.14. The minimum Gasteiger partial charge on any atom is -0.309 e. The molecule has 2 rings (SSSR count). The second-order valence-corrected chi connectivity index (χ2v) is 3.65. The quantitative estimate of drug-likeness (QED) is 0.825. The van der Waals surface area contributed by atoms with Crippen molar-refractivity contribution in [2.24, 2.45) is 0 Å². The van der Waals surface area contributed by atoms with Crippen molar-refractivity contribution < 1.29 is 4.39 Å². The van der Waals surface area contributed by atoms with Gasteiger partial charge < -0.3 is 5.32 Å². The van der Waals surface area contributed by atoms with E-state index in [0.717, 1.165) is 12.1 Å². The van der Waals surface area contributed by atoms with Crippen molar-refractivity contribution in [2.45, 2.75) is 13.1 Å². The van der Waals surface area contributed by atoms with Crippen LogP contribution in [0.25, 0.3) is 0 Å². The second-order valence-electron chi connectivity index (χ2n) is 3.65. The highest BCUT2D eigenvalue weighted by Gasteiger charge is 1.95. The van der Waals surface area contributed by atoms with Crippen LogP contribution in [0.1, 0.15) is 11.1 Å². The summed E-state index contributed by atoms with van der Waals surface area (Å²) in [6, 6.07) is 17.5. The Bertz CT molecular complexity index is 439. The highest BCUT2D eigenvalue weighted by molar-refractivity contribution is 5.17. The third kappa shape index (κ3) is 3.17. The summed E-state index contributed by atoms with van der Waals surface area (Å²) in [4.78, 5) is 0. The van der Waals surface area contributed by atoms with E-state index in [0.29, 0.717) is 6.54 Å². The van der Waals surface area contributed by atoms with Crippen LogP contribution in [0.5, 0.6) is 0 Å². The Kier molecular flexibility index (Phi) is 3.67. The molecule has 2 aromatic rings. The van der Waals surface area contributed by atoms with Gasteiger partial charge in [0.25, 0.3) is 0 Å². The van der Waals surface area contributed by atoms with E-state index in [4.69, 9.17) is 0 Å². The van der Waals surface area contributed by atoms with Crippen LogP contribution >= 0.6 is 0 Å². The van der Waals surface area contributed by atoms with Gasteiger partial charge in [-0.3, -0.25) is 0 Å². The van der Waals surface area contributed by atoms with Crippen LogP contribution in [0, 0.1) is 11.9 Å². The zero-order valence-electron chi connectivity index (χ0n) is 8.91. The first-order valence-corrected chi connectivity index (χ1v) is 5.25. The Morgan fingerprint density at radius 3 is 2.62 bits per heavy atom. The molecule has 16 heavy (non-hydrogen) atoms. The number of hydrogen-bond donors (Lipinski definition) is 1. The van der Waals surface area contributed by atoms with Crippen molar-refractivity contribution in [3.63, 3.8) is 0 Å². The zero-order valence-corrected chi connectivity index (χ0v) is 8.91. The van der Waals surface area contributed by atoms with Crippen LogP contribution in [0.3, 0.4) is 0 Å². The monoisotopic (exact) mass is 214 g/mol. The summed E-state index contributed by atoms with van der Waals surface area (Å²) in [5, 5.41) is 3.26. The molecule has 0 fully saturated rings. The maximum atomic E-state index is 12.9. The number of hydrogen-bond acceptors (Lipinski definition) is 1. The van der Waals surface area contributed by atoms with Crippen molar-refractivity contribution >= 4 is 0 Å².